The molecule has 3 rings (SSSR count). The topological polar surface area (TPSA) is 74.0 Å². The number of hydrogen-bond acceptors (Lipinski definition) is 3. The van der Waals surface area contributed by atoms with Gasteiger partial charge in [0.1, 0.15) is 5.56 Å². The van der Waals surface area contributed by atoms with Crippen LogP contribution in [0.15, 0.2) is 59.5 Å². The first-order valence-electron chi connectivity index (χ1n) is 7.44. The number of carbonyl (C=O) groups is 1. The smallest absolute Gasteiger partial charge is 0.261 e. The molecule has 0 saturated carbocycles. The number of para-hydroxylation sites is 1. The fourth-order valence-electron chi connectivity index (χ4n) is 2.41. The fourth-order valence-corrected chi connectivity index (χ4v) is 2.41. The molecule has 0 spiro atoms. The predicted molar refractivity (Wildman–Crippen MR) is 93.1 cm³/mol. The van der Waals surface area contributed by atoms with Gasteiger partial charge in [0.25, 0.3) is 5.91 Å². The molecule has 0 aliphatic rings. The number of rotatable bonds is 4. The zero-order valence-corrected chi connectivity index (χ0v) is 12.7. The first kappa shape index (κ1) is 14.8. The number of aromatic amines is 1. The Morgan fingerprint density at radius 3 is 2.48 bits per heavy atom. The van der Waals surface area contributed by atoms with Gasteiger partial charge < -0.3 is 15.6 Å². The van der Waals surface area contributed by atoms with E-state index in [2.05, 4.69) is 15.6 Å². The molecule has 1 heterocycles. The summed E-state index contributed by atoms with van der Waals surface area (Å²) in [6, 6.07) is 14.5. The monoisotopic (exact) mass is 307 g/mol. The van der Waals surface area contributed by atoms with E-state index in [-0.39, 0.29) is 11.0 Å². The summed E-state index contributed by atoms with van der Waals surface area (Å²) in [6.07, 6.45) is 1.45. The zero-order valence-electron chi connectivity index (χ0n) is 12.7. The van der Waals surface area contributed by atoms with Crippen molar-refractivity contribution in [2.24, 2.45) is 0 Å². The maximum Gasteiger partial charge on any atom is 0.261 e. The van der Waals surface area contributed by atoms with Crippen molar-refractivity contribution in [3.05, 3.63) is 70.5 Å². The normalized spacial score (nSPS) is 10.5. The van der Waals surface area contributed by atoms with E-state index in [9.17, 15) is 9.59 Å². The van der Waals surface area contributed by atoms with E-state index < -0.39 is 5.91 Å². The van der Waals surface area contributed by atoms with E-state index in [0.717, 1.165) is 12.2 Å². The Balaban J connectivity index is 1.86. The summed E-state index contributed by atoms with van der Waals surface area (Å²) < 4.78 is 0. The largest absolute Gasteiger partial charge is 0.385 e. The summed E-state index contributed by atoms with van der Waals surface area (Å²) in [7, 11) is 0. The maximum atomic E-state index is 12.4. The quantitative estimate of drug-likeness (QED) is 0.693. The van der Waals surface area contributed by atoms with Gasteiger partial charge in [-0.25, -0.2) is 0 Å². The van der Waals surface area contributed by atoms with Crippen LogP contribution in [0.4, 0.5) is 11.4 Å². The van der Waals surface area contributed by atoms with Gasteiger partial charge in [0.05, 0.1) is 0 Å². The van der Waals surface area contributed by atoms with Crippen LogP contribution in [-0.2, 0) is 0 Å². The molecule has 0 aliphatic carbocycles. The highest BCUT2D eigenvalue weighted by Crippen LogP contribution is 2.14. The van der Waals surface area contributed by atoms with Crippen molar-refractivity contribution in [2.45, 2.75) is 6.92 Å². The van der Waals surface area contributed by atoms with Crippen LogP contribution in [0.1, 0.15) is 17.3 Å². The number of carbonyl (C=O) groups excluding carboxylic acids is 1. The minimum atomic E-state index is -0.423. The lowest BCUT2D eigenvalue weighted by atomic mass is 10.1. The first-order chi connectivity index (χ1) is 11.2. The van der Waals surface area contributed by atoms with Gasteiger partial charge in [0, 0.05) is 35.0 Å². The molecule has 1 amide bonds. The standard InChI is InChI=1S/C18H17N3O2/c1-2-19-12-7-9-13(10-8-12)21-18(23)15-11-20-16-6-4-3-5-14(16)17(15)22/h3-11,19H,2H2,1H3,(H,20,22)(H,21,23). The summed E-state index contributed by atoms with van der Waals surface area (Å²) >= 11 is 0. The Kier molecular flexibility index (Phi) is 4.10. The molecule has 116 valence electrons. The van der Waals surface area contributed by atoms with E-state index in [1.807, 2.05) is 25.1 Å². The predicted octanol–water partition coefficient (Wildman–Crippen LogP) is 3.21. The van der Waals surface area contributed by atoms with Gasteiger partial charge in [0.2, 0.25) is 5.43 Å². The van der Waals surface area contributed by atoms with Crippen molar-refractivity contribution < 1.29 is 4.79 Å². The lowest BCUT2D eigenvalue weighted by Crippen LogP contribution is -2.21. The molecular weight excluding hydrogens is 290 g/mol. The van der Waals surface area contributed by atoms with Crippen molar-refractivity contribution in [1.82, 2.24) is 4.98 Å². The SMILES string of the molecule is CCNc1ccc(NC(=O)c2c[nH]c3ccccc3c2=O)cc1. The highest BCUT2D eigenvalue weighted by Gasteiger charge is 2.12. The number of pyridine rings is 1. The molecule has 3 N–H and O–H groups in total. The molecule has 0 unspecified atom stereocenters. The van der Waals surface area contributed by atoms with Gasteiger partial charge in [-0.2, -0.15) is 0 Å². The fraction of sp³-hybridized carbons (Fsp3) is 0.111. The van der Waals surface area contributed by atoms with Gasteiger partial charge in [0.15, 0.2) is 0 Å². The number of aromatic nitrogens is 1. The second kappa shape index (κ2) is 6.36. The van der Waals surface area contributed by atoms with Crippen LogP contribution in [0, 0.1) is 0 Å². The third-order valence-corrected chi connectivity index (χ3v) is 3.56. The Labute approximate surface area is 133 Å². The van der Waals surface area contributed by atoms with Gasteiger partial charge >= 0.3 is 0 Å². The second-order valence-corrected chi connectivity index (χ2v) is 5.14. The van der Waals surface area contributed by atoms with E-state index in [1.54, 1.807) is 30.3 Å². The molecule has 2 aromatic carbocycles. The van der Waals surface area contributed by atoms with Crippen LogP contribution in [0.2, 0.25) is 0 Å². The molecule has 3 aromatic rings. The molecular formula is C18H17N3O2. The number of hydrogen-bond donors (Lipinski definition) is 3. The highest BCUT2D eigenvalue weighted by atomic mass is 16.2. The van der Waals surface area contributed by atoms with Gasteiger partial charge in [-0.15, -0.1) is 0 Å². The Morgan fingerprint density at radius 1 is 1.04 bits per heavy atom. The van der Waals surface area contributed by atoms with Crippen LogP contribution < -0.4 is 16.1 Å². The molecule has 23 heavy (non-hydrogen) atoms. The molecule has 0 radical (unpaired) electrons. The summed E-state index contributed by atoms with van der Waals surface area (Å²) in [5.74, 6) is -0.423. The summed E-state index contributed by atoms with van der Waals surface area (Å²) in [5, 5.41) is 6.43. The number of anilines is 2. The van der Waals surface area contributed by atoms with Crippen LogP contribution in [0.3, 0.4) is 0 Å². The van der Waals surface area contributed by atoms with Gasteiger partial charge in [-0.05, 0) is 43.3 Å². The maximum absolute atomic E-state index is 12.4. The molecule has 0 fully saturated rings. The second-order valence-electron chi connectivity index (χ2n) is 5.14. The lowest BCUT2D eigenvalue weighted by molar-refractivity contribution is 0.102. The van der Waals surface area contributed by atoms with Crippen molar-refractivity contribution in [2.75, 3.05) is 17.2 Å². The summed E-state index contributed by atoms with van der Waals surface area (Å²) in [5.41, 5.74) is 2.16. The minimum Gasteiger partial charge on any atom is -0.385 e. The third-order valence-electron chi connectivity index (χ3n) is 3.56. The van der Waals surface area contributed by atoms with Gasteiger partial charge in [-0.1, -0.05) is 12.1 Å². The van der Waals surface area contributed by atoms with E-state index >= 15 is 0 Å². The molecule has 0 bridgehead atoms. The number of benzene rings is 2. The first-order valence-corrected chi connectivity index (χ1v) is 7.44. The van der Waals surface area contributed by atoms with Crippen LogP contribution in [0.5, 0.6) is 0 Å². The van der Waals surface area contributed by atoms with Crippen molar-refractivity contribution >= 4 is 28.2 Å². The van der Waals surface area contributed by atoms with Gasteiger partial charge in [-0.3, -0.25) is 9.59 Å². The number of amides is 1. The molecule has 0 atom stereocenters. The minimum absolute atomic E-state index is 0.0967. The molecule has 5 heteroatoms. The van der Waals surface area contributed by atoms with Crippen LogP contribution >= 0.6 is 0 Å². The molecule has 0 saturated heterocycles. The van der Waals surface area contributed by atoms with Crippen molar-refractivity contribution in [3.8, 4) is 0 Å². The number of fused-ring (bicyclic) bond motifs is 1. The molecule has 5 nitrogen and oxygen atoms in total. The summed E-state index contributed by atoms with van der Waals surface area (Å²) in [6.45, 7) is 2.85. The third kappa shape index (κ3) is 3.08. The van der Waals surface area contributed by atoms with E-state index in [0.29, 0.717) is 16.6 Å². The van der Waals surface area contributed by atoms with Crippen LogP contribution in [0.25, 0.3) is 10.9 Å². The Morgan fingerprint density at radius 2 is 1.74 bits per heavy atom. The van der Waals surface area contributed by atoms with Crippen LogP contribution in [-0.4, -0.2) is 17.4 Å². The summed E-state index contributed by atoms with van der Waals surface area (Å²) in [4.78, 5) is 27.7. The average molecular weight is 307 g/mol. The number of nitrogens with one attached hydrogen (secondary N) is 3. The van der Waals surface area contributed by atoms with E-state index in [4.69, 9.17) is 0 Å². The molecule has 0 aliphatic heterocycles. The highest BCUT2D eigenvalue weighted by molar-refractivity contribution is 6.05. The zero-order chi connectivity index (χ0) is 16.2. The molecule has 1 aromatic heterocycles. The average Bonchev–Trinajstić information content (AvgIpc) is 2.57. The van der Waals surface area contributed by atoms with Crippen molar-refractivity contribution in [1.29, 1.82) is 0 Å². The Bertz CT molecular complexity index is 898. The number of H-pyrrole nitrogens is 1. The van der Waals surface area contributed by atoms with E-state index in [1.165, 1.54) is 6.20 Å². The lowest BCUT2D eigenvalue weighted by Gasteiger charge is -2.07. The van der Waals surface area contributed by atoms with Crippen molar-refractivity contribution in [3.63, 3.8) is 0 Å². The Hall–Kier alpha value is -3.08.